The fraction of sp³-hybridized carbons (Fsp3) is 1.00. The first-order valence-electron chi connectivity index (χ1n) is 4.91. The Morgan fingerprint density at radius 1 is 1.33 bits per heavy atom. The van der Waals surface area contributed by atoms with E-state index >= 15 is 0 Å². The van der Waals surface area contributed by atoms with Gasteiger partial charge in [0.1, 0.15) is 0 Å². The number of rotatable bonds is 1. The Morgan fingerprint density at radius 2 is 1.92 bits per heavy atom. The number of nitrogens with one attached hydrogen (secondary N) is 2. The predicted molar refractivity (Wildman–Crippen MR) is 53.3 cm³/mol. The highest BCUT2D eigenvalue weighted by molar-refractivity contribution is 4.96. The van der Waals surface area contributed by atoms with Crippen LogP contribution in [0.25, 0.3) is 0 Å². The van der Waals surface area contributed by atoms with E-state index in [1.165, 1.54) is 6.42 Å². The van der Waals surface area contributed by atoms with Crippen molar-refractivity contribution < 1.29 is 0 Å². The molecule has 1 aliphatic rings. The van der Waals surface area contributed by atoms with Crippen molar-refractivity contribution in [1.82, 2.24) is 10.6 Å². The summed E-state index contributed by atoms with van der Waals surface area (Å²) >= 11 is 0. The highest BCUT2D eigenvalue weighted by Gasteiger charge is 2.35. The van der Waals surface area contributed by atoms with Crippen LogP contribution in [0.1, 0.15) is 34.1 Å². The van der Waals surface area contributed by atoms with Gasteiger partial charge in [0.05, 0.1) is 0 Å². The molecule has 72 valence electrons. The average Bonchev–Trinajstić information content (AvgIpc) is 1.96. The number of hydrogen-bond acceptors (Lipinski definition) is 2. The Labute approximate surface area is 76.1 Å². The molecule has 1 aliphatic heterocycles. The van der Waals surface area contributed by atoms with Gasteiger partial charge in [0.25, 0.3) is 0 Å². The fourth-order valence-corrected chi connectivity index (χ4v) is 2.26. The molecule has 0 radical (unpaired) electrons. The molecule has 0 aromatic carbocycles. The van der Waals surface area contributed by atoms with Crippen molar-refractivity contribution in [1.29, 1.82) is 0 Å². The molecule has 2 N–H and O–H groups in total. The van der Waals surface area contributed by atoms with E-state index in [2.05, 4.69) is 45.4 Å². The average molecular weight is 170 g/mol. The van der Waals surface area contributed by atoms with Crippen molar-refractivity contribution in [2.24, 2.45) is 5.92 Å². The fourth-order valence-electron chi connectivity index (χ4n) is 2.26. The van der Waals surface area contributed by atoms with Crippen LogP contribution >= 0.6 is 0 Å². The van der Waals surface area contributed by atoms with Gasteiger partial charge in [-0.2, -0.15) is 0 Å². The summed E-state index contributed by atoms with van der Waals surface area (Å²) < 4.78 is 0. The zero-order valence-corrected chi connectivity index (χ0v) is 8.94. The maximum Gasteiger partial charge on any atom is 0.0142 e. The van der Waals surface area contributed by atoms with Crippen molar-refractivity contribution in [3.8, 4) is 0 Å². The van der Waals surface area contributed by atoms with Gasteiger partial charge in [-0.15, -0.1) is 0 Å². The summed E-state index contributed by atoms with van der Waals surface area (Å²) in [6.45, 7) is 9.14. The second kappa shape index (κ2) is 3.35. The highest BCUT2D eigenvalue weighted by atomic mass is 15.1. The van der Waals surface area contributed by atoms with Crippen LogP contribution in [0.4, 0.5) is 0 Å². The van der Waals surface area contributed by atoms with Gasteiger partial charge in [-0.25, -0.2) is 0 Å². The Balaban J connectivity index is 2.65. The summed E-state index contributed by atoms with van der Waals surface area (Å²) in [6.07, 6.45) is 1.22. The Hall–Kier alpha value is -0.0800. The second-order valence-corrected chi connectivity index (χ2v) is 4.78. The first kappa shape index (κ1) is 10.0. The quantitative estimate of drug-likeness (QED) is 0.621. The molecule has 0 amide bonds. The van der Waals surface area contributed by atoms with Crippen LogP contribution in [0, 0.1) is 5.92 Å². The molecular weight excluding hydrogens is 148 g/mol. The molecule has 2 nitrogen and oxygen atoms in total. The van der Waals surface area contributed by atoms with Crippen LogP contribution in [0.3, 0.4) is 0 Å². The lowest BCUT2D eigenvalue weighted by Gasteiger charge is -2.44. The van der Waals surface area contributed by atoms with Gasteiger partial charge in [-0.3, -0.25) is 0 Å². The monoisotopic (exact) mass is 170 g/mol. The van der Waals surface area contributed by atoms with Crippen molar-refractivity contribution in [2.45, 2.75) is 51.7 Å². The minimum absolute atomic E-state index is 0.291. The van der Waals surface area contributed by atoms with E-state index in [9.17, 15) is 0 Å². The van der Waals surface area contributed by atoms with Crippen LogP contribution in [0.15, 0.2) is 0 Å². The van der Waals surface area contributed by atoms with E-state index in [1.54, 1.807) is 0 Å². The highest BCUT2D eigenvalue weighted by Crippen LogP contribution is 2.26. The molecule has 3 unspecified atom stereocenters. The first-order valence-corrected chi connectivity index (χ1v) is 4.91. The third-order valence-corrected chi connectivity index (χ3v) is 3.14. The van der Waals surface area contributed by atoms with Crippen molar-refractivity contribution in [3.63, 3.8) is 0 Å². The Bertz CT molecular complexity index is 154. The lowest BCUT2D eigenvalue weighted by Crippen LogP contribution is -2.59. The molecule has 0 bridgehead atoms. The topological polar surface area (TPSA) is 24.1 Å². The van der Waals surface area contributed by atoms with Crippen LogP contribution in [-0.4, -0.2) is 24.7 Å². The molecule has 0 aromatic heterocycles. The molecule has 12 heavy (non-hydrogen) atoms. The minimum atomic E-state index is 0.291. The van der Waals surface area contributed by atoms with Crippen molar-refractivity contribution in [3.05, 3.63) is 0 Å². The lowest BCUT2D eigenvalue weighted by molar-refractivity contribution is 0.153. The van der Waals surface area contributed by atoms with Gasteiger partial charge in [-0.05, 0) is 40.2 Å². The molecule has 1 rings (SSSR count). The van der Waals surface area contributed by atoms with Crippen LogP contribution in [0.5, 0.6) is 0 Å². The summed E-state index contributed by atoms with van der Waals surface area (Å²) in [5, 5.41) is 7.03. The Kier molecular flexibility index (Phi) is 2.79. The summed E-state index contributed by atoms with van der Waals surface area (Å²) in [5.74, 6) is 0.725. The van der Waals surface area contributed by atoms with Gasteiger partial charge >= 0.3 is 0 Å². The van der Waals surface area contributed by atoms with Gasteiger partial charge in [0.2, 0.25) is 0 Å². The van der Waals surface area contributed by atoms with Gasteiger partial charge in [0.15, 0.2) is 0 Å². The number of hydrogen-bond donors (Lipinski definition) is 2. The summed E-state index contributed by atoms with van der Waals surface area (Å²) in [4.78, 5) is 0. The van der Waals surface area contributed by atoms with Gasteiger partial charge in [-0.1, -0.05) is 6.92 Å². The summed E-state index contributed by atoms with van der Waals surface area (Å²) in [5.41, 5.74) is 0.291. The second-order valence-electron chi connectivity index (χ2n) is 4.78. The number of piperidine rings is 1. The summed E-state index contributed by atoms with van der Waals surface area (Å²) in [7, 11) is 2.06. The van der Waals surface area contributed by atoms with Crippen LogP contribution in [0.2, 0.25) is 0 Å². The minimum Gasteiger partial charge on any atom is -0.317 e. The van der Waals surface area contributed by atoms with E-state index in [4.69, 9.17) is 0 Å². The van der Waals surface area contributed by atoms with E-state index in [1.807, 2.05) is 0 Å². The first-order chi connectivity index (χ1) is 5.46. The molecule has 0 aromatic rings. The third kappa shape index (κ3) is 1.99. The SMILES string of the molecule is CNC1CC(C)(C)NC(C)C1C. The zero-order valence-electron chi connectivity index (χ0n) is 8.94. The smallest absolute Gasteiger partial charge is 0.0142 e. The van der Waals surface area contributed by atoms with E-state index < -0.39 is 0 Å². The van der Waals surface area contributed by atoms with Crippen molar-refractivity contribution in [2.75, 3.05) is 7.05 Å². The molecule has 1 fully saturated rings. The summed E-state index contributed by atoms with van der Waals surface area (Å²) in [6, 6.07) is 1.28. The lowest BCUT2D eigenvalue weighted by atomic mass is 9.79. The van der Waals surface area contributed by atoms with Crippen molar-refractivity contribution >= 4 is 0 Å². The van der Waals surface area contributed by atoms with E-state index in [0.717, 1.165) is 5.92 Å². The largest absolute Gasteiger partial charge is 0.317 e. The standard InChI is InChI=1S/C10H22N2/c1-7-8(2)12-10(3,4)6-9(7)11-5/h7-9,11-12H,6H2,1-5H3. The molecule has 1 heterocycles. The molecule has 2 heteroatoms. The molecule has 0 saturated carbocycles. The van der Waals surface area contributed by atoms with E-state index in [-0.39, 0.29) is 0 Å². The Morgan fingerprint density at radius 3 is 2.42 bits per heavy atom. The van der Waals surface area contributed by atoms with E-state index in [0.29, 0.717) is 17.6 Å². The molecule has 0 spiro atoms. The maximum absolute atomic E-state index is 3.63. The van der Waals surface area contributed by atoms with Crippen LogP contribution in [-0.2, 0) is 0 Å². The van der Waals surface area contributed by atoms with Gasteiger partial charge < -0.3 is 10.6 Å². The molecular formula is C10H22N2. The predicted octanol–water partition coefficient (Wildman–Crippen LogP) is 1.37. The van der Waals surface area contributed by atoms with Crippen LogP contribution < -0.4 is 10.6 Å². The molecule has 1 saturated heterocycles. The molecule has 0 aliphatic carbocycles. The maximum atomic E-state index is 3.63. The molecule has 3 atom stereocenters. The zero-order chi connectivity index (χ0) is 9.35. The van der Waals surface area contributed by atoms with Gasteiger partial charge in [0, 0.05) is 17.6 Å². The third-order valence-electron chi connectivity index (χ3n) is 3.14. The normalized spacial score (nSPS) is 41.2.